The number of hydrogen-bond donors (Lipinski definition) is 1. The Hall–Kier alpha value is -0.570. The second-order valence-corrected chi connectivity index (χ2v) is 6.22. The molecule has 0 bridgehead atoms. The lowest BCUT2D eigenvalue weighted by Crippen LogP contribution is -2.55. The maximum absolute atomic E-state index is 6.43. The van der Waals surface area contributed by atoms with Crippen LogP contribution < -0.4 is 5.73 Å². The van der Waals surface area contributed by atoms with Gasteiger partial charge >= 0.3 is 0 Å². The standard InChI is InChI=1S/C15H23ClN2/c1-15(2,18-8-3-4-9-18)14(17)11-12-6-5-7-13(16)10-12/h5-7,10,14H,3-4,8-9,11,17H2,1-2H3. The molecule has 0 spiro atoms. The number of rotatable bonds is 4. The van der Waals surface area contributed by atoms with Crippen LogP contribution in [-0.2, 0) is 6.42 Å². The zero-order valence-electron chi connectivity index (χ0n) is 11.3. The van der Waals surface area contributed by atoms with E-state index in [1.54, 1.807) is 0 Å². The fourth-order valence-corrected chi connectivity index (χ4v) is 2.91. The highest BCUT2D eigenvalue weighted by Crippen LogP contribution is 2.25. The van der Waals surface area contributed by atoms with Crippen molar-refractivity contribution < 1.29 is 0 Å². The van der Waals surface area contributed by atoms with Gasteiger partial charge in [0.05, 0.1) is 0 Å². The van der Waals surface area contributed by atoms with E-state index in [-0.39, 0.29) is 11.6 Å². The van der Waals surface area contributed by atoms with Crippen molar-refractivity contribution in [1.29, 1.82) is 0 Å². The van der Waals surface area contributed by atoms with E-state index >= 15 is 0 Å². The summed E-state index contributed by atoms with van der Waals surface area (Å²) in [6.07, 6.45) is 3.48. The average Bonchev–Trinajstić information content (AvgIpc) is 2.82. The molecule has 1 aliphatic heterocycles. The van der Waals surface area contributed by atoms with Crippen molar-refractivity contribution in [3.05, 3.63) is 34.9 Å². The predicted molar refractivity (Wildman–Crippen MR) is 78.0 cm³/mol. The first-order chi connectivity index (χ1) is 8.50. The largest absolute Gasteiger partial charge is 0.326 e. The minimum atomic E-state index is 0.0544. The van der Waals surface area contributed by atoms with Crippen LogP contribution in [0.3, 0.4) is 0 Å². The van der Waals surface area contributed by atoms with Gasteiger partial charge in [-0.2, -0.15) is 0 Å². The summed E-state index contributed by atoms with van der Waals surface area (Å²) < 4.78 is 0. The van der Waals surface area contributed by atoms with Crippen LogP contribution in [0.4, 0.5) is 0 Å². The topological polar surface area (TPSA) is 29.3 Å². The molecule has 2 nitrogen and oxygen atoms in total. The third-order valence-electron chi connectivity index (χ3n) is 4.17. The first-order valence-corrected chi connectivity index (χ1v) is 7.13. The Morgan fingerprint density at radius 3 is 2.61 bits per heavy atom. The van der Waals surface area contributed by atoms with E-state index in [9.17, 15) is 0 Å². The van der Waals surface area contributed by atoms with Crippen LogP contribution in [0.25, 0.3) is 0 Å². The van der Waals surface area contributed by atoms with Crippen LogP contribution in [0.2, 0.25) is 5.02 Å². The third kappa shape index (κ3) is 3.05. The van der Waals surface area contributed by atoms with Crippen molar-refractivity contribution >= 4 is 11.6 Å². The Morgan fingerprint density at radius 2 is 2.00 bits per heavy atom. The van der Waals surface area contributed by atoms with Gasteiger partial charge in [-0.15, -0.1) is 0 Å². The minimum Gasteiger partial charge on any atom is -0.326 e. The molecule has 18 heavy (non-hydrogen) atoms. The van der Waals surface area contributed by atoms with Gasteiger partial charge in [-0.3, -0.25) is 4.90 Å². The Labute approximate surface area is 115 Å². The van der Waals surface area contributed by atoms with Gasteiger partial charge in [0.25, 0.3) is 0 Å². The van der Waals surface area contributed by atoms with Gasteiger partial charge in [0.1, 0.15) is 0 Å². The highest BCUT2D eigenvalue weighted by molar-refractivity contribution is 6.30. The molecule has 1 aromatic rings. The molecule has 2 N–H and O–H groups in total. The number of halogens is 1. The summed E-state index contributed by atoms with van der Waals surface area (Å²) in [4.78, 5) is 2.52. The number of nitrogens with two attached hydrogens (primary N) is 1. The molecule has 2 rings (SSSR count). The maximum atomic E-state index is 6.43. The lowest BCUT2D eigenvalue weighted by Gasteiger charge is -2.40. The van der Waals surface area contributed by atoms with Crippen molar-refractivity contribution in [1.82, 2.24) is 4.90 Å². The number of benzene rings is 1. The summed E-state index contributed by atoms with van der Waals surface area (Å²) in [5.74, 6) is 0. The van der Waals surface area contributed by atoms with Crippen molar-refractivity contribution in [3.8, 4) is 0 Å². The highest BCUT2D eigenvalue weighted by Gasteiger charge is 2.34. The Morgan fingerprint density at radius 1 is 1.33 bits per heavy atom. The van der Waals surface area contributed by atoms with Gasteiger partial charge in [0.15, 0.2) is 0 Å². The van der Waals surface area contributed by atoms with Crippen molar-refractivity contribution in [2.24, 2.45) is 5.73 Å². The molecule has 0 amide bonds. The number of nitrogens with zero attached hydrogens (tertiary/aromatic N) is 1. The van der Waals surface area contributed by atoms with Gasteiger partial charge < -0.3 is 5.73 Å². The first kappa shape index (κ1) is 13.9. The predicted octanol–water partition coefficient (Wildman–Crippen LogP) is 3.08. The zero-order chi connectivity index (χ0) is 13.2. The van der Waals surface area contributed by atoms with Crippen molar-refractivity contribution in [2.75, 3.05) is 13.1 Å². The fourth-order valence-electron chi connectivity index (χ4n) is 2.70. The number of hydrogen-bond acceptors (Lipinski definition) is 2. The molecule has 3 heteroatoms. The van der Waals surface area contributed by atoms with Crippen molar-refractivity contribution in [3.63, 3.8) is 0 Å². The molecule has 1 aliphatic rings. The Bertz CT molecular complexity index is 397. The maximum Gasteiger partial charge on any atom is 0.0408 e. The van der Waals surface area contributed by atoms with E-state index in [1.165, 1.54) is 31.5 Å². The summed E-state index contributed by atoms with van der Waals surface area (Å²) in [7, 11) is 0. The van der Waals surface area contributed by atoms with Gasteiger partial charge in [-0.25, -0.2) is 0 Å². The summed E-state index contributed by atoms with van der Waals surface area (Å²) in [6.45, 7) is 6.87. The first-order valence-electron chi connectivity index (χ1n) is 6.75. The molecule has 100 valence electrons. The van der Waals surface area contributed by atoms with Gasteiger partial charge in [0.2, 0.25) is 0 Å². The van der Waals surface area contributed by atoms with Crippen LogP contribution in [-0.4, -0.2) is 29.6 Å². The van der Waals surface area contributed by atoms with Crippen LogP contribution in [0, 0.1) is 0 Å². The molecule has 1 saturated heterocycles. The van der Waals surface area contributed by atoms with Crippen LogP contribution in [0.1, 0.15) is 32.3 Å². The minimum absolute atomic E-state index is 0.0544. The van der Waals surface area contributed by atoms with Crippen LogP contribution in [0.5, 0.6) is 0 Å². The Balaban J connectivity index is 2.04. The lowest BCUT2D eigenvalue weighted by molar-refractivity contribution is 0.123. The molecule has 1 atom stereocenters. The zero-order valence-corrected chi connectivity index (χ0v) is 12.1. The number of likely N-dealkylation sites (tertiary alicyclic amines) is 1. The van der Waals surface area contributed by atoms with E-state index in [1.807, 2.05) is 18.2 Å². The van der Waals surface area contributed by atoms with E-state index in [2.05, 4.69) is 24.8 Å². The lowest BCUT2D eigenvalue weighted by atomic mass is 9.88. The molecule has 0 saturated carbocycles. The average molecular weight is 267 g/mol. The third-order valence-corrected chi connectivity index (χ3v) is 4.41. The van der Waals surface area contributed by atoms with E-state index < -0.39 is 0 Å². The normalized spacial score (nSPS) is 19.1. The van der Waals surface area contributed by atoms with E-state index in [0.29, 0.717) is 0 Å². The fraction of sp³-hybridized carbons (Fsp3) is 0.600. The molecular weight excluding hydrogens is 244 g/mol. The SMILES string of the molecule is CC(C)(C(N)Cc1cccc(Cl)c1)N1CCCC1. The smallest absolute Gasteiger partial charge is 0.0408 e. The monoisotopic (exact) mass is 266 g/mol. The molecule has 0 aromatic heterocycles. The van der Waals surface area contributed by atoms with Crippen LogP contribution in [0.15, 0.2) is 24.3 Å². The molecule has 1 fully saturated rings. The summed E-state index contributed by atoms with van der Waals surface area (Å²) in [6, 6.07) is 8.15. The molecule has 1 aromatic carbocycles. The van der Waals surface area contributed by atoms with Gasteiger partial charge in [-0.1, -0.05) is 23.7 Å². The van der Waals surface area contributed by atoms with E-state index in [0.717, 1.165) is 11.4 Å². The summed E-state index contributed by atoms with van der Waals surface area (Å²) >= 11 is 6.02. The second-order valence-electron chi connectivity index (χ2n) is 5.79. The summed E-state index contributed by atoms with van der Waals surface area (Å²) in [5, 5.41) is 0.790. The van der Waals surface area contributed by atoms with Crippen LogP contribution >= 0.6 is 11.6 Å². The molecule has 1 unspecified atom stereocenters. The summed E-state index contributed by atoms with van der Waals surface area (Å²) in [5.41, 5.74) is 7.71. The van der Waals surface area contributed by atoms with Gasteiger partial charge in [-0.05, 0) is 63.9 Å². The molecule has 0 aliphatic carbocycles. The van der Waals surface area contributed by atoms with E-state index in [4.69, 9.17) is 17.3 Å². The second kappa shape index (κ2) is 5.60. The highest BCUT2D eigenvalue weighted by atomic mass is 35.5. The Kier molecular flexibility index (Phi) is 4.31. The van der Waals surface area contributed by atoms with Gasteiger partial charge in [0, 0.05) is 16.6 Å². The quantitative estimate of drug-likeness (QED) is 0.908. The van der Waals surface area contributed by atoms with Crippen molar-refractivity contribution in [2.45, 2.75) is 44.7 Å². The molecular formula is C15H23ClN2. The molecule has 0 radical (unpaired) electrons. The molecule has 1 heterocycles.